The molecule has 0 aromatic heterocycles. The predicted molar refractivity (Wildman–Crippen MR) is 92.2 cm³/mol. The van der Waals surface area contributed by atoms with Gasteiger partial charge < -0.3 is 10.2 Å². The van der Waals surface area contributed by atoms with Gasteiger partial charge in [0.1, 0.15) is 0 Å². The minimum absolute atomic E-state index is 0.796. The smallest absolute Gasteiger partial charge is 0.00675 e. The lowest BCUT2D eigenvalue weighted by Gasteiger charge is -2.21. The molecule has 1 N–H and O–H groups in total. The Bertz CT molecular complexity index is 495. The molecule has 0 radical (unpaired) electrons. The first-order chi connectivity index (χ1) is 10.8. The van der Waals surface area contributed by atoms with Crippen molar-refractivity contribution < 1.29 is 0 Å². The van der Waals surface area contributed by atoms with Crippen LogP contribution < -0.4 is 5.32 Å². The Balaban J connectivity index is 1.36. The summed E-state index contributed by atoms with van der Waals surface area (Å²) in [4.78, 5) is 2.65. The van der Waals surface area contributed by atoms with E-state index in [-0.39, 0.29) is 0 Å². The highest BCUT2D eigenvalue weighted by atomic mass is 15.2. The number of rotatable bonds is 4. The van der Waals surface area contributed by atoms with Gasteiger partial charge in [-0.15, -0.1) is 0 Å². The summed E-state index contributed by atoms with van der Waals surface area (Å²) in [5.74, 6) is 2.66. The van der Waals surface area contributed by atoms with E-state index in [9.17, 15) is 0 Å². The van der Waals surface area contributed by atoms with Gasteiger partial charge in [0, 0.05) is 12.6 Å². The highest BCUT2D eigenvalue weighted by molar-refractivity contribution is 5.27. The summed E-state index contributed by atoms with van der Waals surface area (Å²) in [6, 6.07) is 10.4. The Labute approximate surface area is 135 Å². The van der Waals surface area contributed by atoms with Gasteiger partial charge in [-0.1, -0.05) is 24.3 Å². The molecular weight excluding hydrogens is 268 g/mol. The molecular formula is C20H30N2. The third kappa shape index (κ3) is 2.83. The summed E-state index contributed by atoms with van der Waals surface area (Å²) in [7, 11) is 0. The number of likely N-dealkylation sites (tertiary alicyclic amines) is 1. The second-order valence-corrected chi connectivity index (χ2v) is 7.78. The van der Waals surface area contributed by atoms with Crippen molar-refractivity contribution >= 4 is 0 Å². The van der Waals surface area contributed by atoms with E-state index in [1.807, 2.05) is 0 Å². The molecule has 1 aromatic rings. The van der Waals surface area contributed by atoms with E-state index >= 15 is 0 Å². The number of fused-ring (bicyclic) bond motifs is 1. The standard InChI is InChI=1S/C20H30N2/c1-15-3-2-11-22(15)12-10-16-4-6-17(7-5-16)19-9-8-18-13-21-14-20(18)19/h4-7,15,18-21H,2-3,8-14H2,1H3/t15-,18?,19?,20?/m1/s1. The molecule has 1 aliphatic carbocycles. The summed E-state index contributed by atoms with van der Waals surface area (Å²) in [6.07, 6.45) is 6.82. The van der Waals surface area contributed by atoms with Crippen molar-refractivity contribution in [1.82, 2.24) is 10.2 Å². The molecule has 0 amide bonds. The van der Waals surface area contributed by atoms with Gasteiger partial charge in [-0.2, -0.15) is 0 Å². The van der Waals surface area contributed by atoms with Crippen molar-refractivity contribution in [3.05, 3.63) is 35.4 Å². The number of hydrogen-bond acceptors (Lipinski definition) is 2. The van der Waals surface area contributed by atoms with Crippen LogP contribution in [-0.2, 0) is 6.42 Å². The zero-order valence-corrected chi connectivity index (χ0v) is 13.9. The van der Waals surface area contributed by atoms with Crippen molar-refractivity contribution in [1.29, 1.82) is 0 Å². The largest absolute Gasteiger partial charge is 0.316 e. The first kappa shape index (κ1) is 14.7. The SMILES string of the molecule is C[C@@H]1CCCN1CCc1ccc(C2CCC3CNCC32)cc1. The third-order valence-corrected chi connectivity index (χ3v) is 6.54. The summed E-state index contributed by atoms with van der Waals surface area (Å²) in [6.45, 7) is 7.41. The molecule has 2 heterocycles. The van der Waals surface area contributed by atoms with Crippen molar-refractivity contribution in [3.8, 4) is 0 Å². The Morgan fingerprint density at radius 1 is 1.09 bits per heavy atom. The molecule has 120 valence electrons. The first-order valence-electron chi connectivity index (χ1n) is 9.35. The van der Waals surface area contributed by atoms with E-state index in [1.54, 1.807) is 5.56 Å². The zero-order valence-electron chi connectivity index (χ0n) is 13.9. The average molecular weight is 298 g/mol. The summed E-state index contributed by atoms with van der Waals surface area (Å²) < 4.78 is 0. The lowest BCUT2D eigenvalue weighted by Crippen LogP contribution is -2.28. The number of benzene rings is 1. The van der Waals surface area contributed by atoms with Gasteiger partial charge in [-0.25, -0.2) is 0 Å². The van der Waals surface area contributed by atoms with Crippen LogP contribution in [0.25, 0.3) is 0 Å². The molecule has 22 heavy (non-hydrogen) atoms. The quantitative estimate of drug-likeness (QED) is 0.916. The van der Waals surface area contributed by atoms with Crippen LogP contribution in [0.5, 0.6) is 0 Å². The van der Waals surface area contributed by atoms with Gasteiger partial charge in [-0.05, 0) is 87.5 Å². The Hall–Kier alpha value is -0.860. The first-order valence-corrected chi connectivity index (χ1v) is 9.35. The van der Waals surface area contributed by atoms with E-state index < -0.39 is 0 Å². The van der Waals surface area contributed by atoms with E-state index in [0.717, 1.165) is 23.8 Å². The molecule has 1 saturated carbocycles. The van der Waals surface area contributed by atoms with E-state index in [2.05, 4.69) is 41.4 Å². The minimum Gasteiger partial charge on any atom is -0.316 e. The van der Waals surface area contributed by atoms with Gasteiger partial charge in [0.2, 0.25) is 0 Å². The molecule has 2 heteroatoms. The fraction of sp³-hybridized carbons (Fsp3) is 0.700. The minimum atomic E-state index is 0.796. The molecule has 2 saturated heterocycles. The van der Waals surface area contributed by atoms with Gasteiger partial charge in [0.05, 0.1) is 0 Å². The maximum absolute atomic E-state index is 3.59. The van der Waals surface area contributed by atoms with Crippen LogP contribution in [0.4, 0.5) is 0 Å². The van der Waals surface area contributed by atoms with Gasteiger partial charge in [0.25, 0.3) is 0 Å². The fourth-order valence-corrected chi connectivity index (χ4v) is 5.09. The number of nitrogens with one attached hydrogen (secondary N) is 1. The normalized spacial score (nSPS) is 35.1. The van der Waals surface area contributed by atoms with Crippen LogP contribution in [0.15, 0.2) is 24.3 Å². The monoisotopic (exact) mass is 298 g/mol. The number of nitrogens with zero attached hydrogens (tertiary/aromatic N) is 1. The van der Waals surface area contributed by atoms with E-state index in [0.29, 0.717) is 0 Å². The van der Waals surface area contributed by atoms with Gasteiger partial charge >= 0.3 is 0 Å². The van der Waals surface area contributed by atoms with Crippen molar-refractivity contribution in [2.75, 3.05) is 26.2 Å². The van der Waals surface area contributed by atoms with Crippen LogP contribution in [0.3, 0.4) is 0 Å². The van der Waals surface area contributed by atoms with Crippen molar-refractivity contribution in [2.45, 2.75) is 51.0 Å². The summed E-state index contributed by atoms with van der Waals surface area (Å²) in [5, 5.41) is 3.59. The van der Waals surface area contributed by atoms with E-state index in [1.165, 1.54) is 63.8 Å². The highest BCUT2D eigenvalue weighted by Gasteiger charge is 2.39. The predicted octanol–water partition coefficient (Wildman–Crippen LogP) is 3.43. The number of hydrogen-bond donors (Lipinski definition) is 1. The molecule has 2 aliphatic heterocycles. The molecule has 4 rings (SSSR count). The second-order valence-electron chi connectivity index (χ2n) is 7.78. The molecule has 1 aromatic carbocycles. The maximum Gasteiger partial charge on any atom is 0.00675 e. The summed E-state index contributed by atoms with van der Waals surface area (Å²) >= 11 is 0. The van der Waals surface area contributed by atoms with Crippen LogP contribution in [-0.4, -0.2) is 37.1 Å². The van der Waals surface area contributed by atoms with E-state index in [4.69, 9.17) is 0 Å². The lowest BCUT2D eigenvalue weighted by molar-refractivity contribution is 0.272. The average Bonchev–Trinajstić information content (AvgIpc) is 3.22. The van der Waals surface area contributed by atoms with Crippen LogP contribution in [0.2, 0.25) is 0 Å². The molecule has 0 bridgehead atoms. The molecule has 3 aliphatic rings. The molecule has 2 nitrogen and oxygen atoms in total. The molecule has 3 fully saturated rings. The van der Waals surface area contributed by atoms with Crippen LogP contribution in [0, 0.1) is 11.8 Å². The Morgan fingerprint density at radius 2 is 1.95 bits per heavy atom. The molecule has 3 unspecified atom stereocenters. The lowest BCUT2D eigenvalue weighted by atomic mass is 9.86. The molecule has 4 atom stereocenters. The summed E-state index contributed by atoms with van der Waals surface area (Å²) in [5.41, 5.74) is 3.11. The second kappa shape index (κ2) is 6.33. The van der Waals surface area contributed by atoms with Crippen LogP contribution in [0.1, 0.15) is 49.7 Å². The van der Waals surface area contributed by atoms with Crippen molar-refractivity contribution in [2.24, 2.45) is 11.8 Å². The topological polar surface area (TPSA) is 15.3 Å². The fourth-order valence-electron chi connectivity index (χ4n) is 5.09. The zero-order chi connectivity index (χ0) is 14.9. The van der Waals surface area contributed by atoms with Gasteiger partial charge in [-0.3, -0.25) is 0 Å². The maximum atomic E-state index is 3.59. The highest BCUT2D eigenvalue weighted by Crippen LogP contribution is 2.45. The van der Waals surface area contributed by atoms with Crippen molar-refractivity contribution in [3.63, 3.8) is 0 Å². The third-order valence-electron chi connectivity index (χ3n) is 6.54. The Kier molecular flexibility index (Phi) is 4.23. The van der Waals surface area contributed by atoms with Gasteiger partial charge in [0.15, 0.2) is 0 Å². The molecule has 0 spiro atoms. The Morgan fingerprint density at radius 3 is 2.73 bits per heavy atom. The van der Waals surface area contributed by atoms with Crippen LogP contribution >= 0.6 is 0 Å².